The molecular formula is C27H33N5O3. The molecule has 0 bridgehead atoms. The van der Waals surface area contributed by atoms with Crippen molar-refractivity contribution in [3.05, 3.63) is 72.4 Å². The molecule has 2 atom stereocenters. The number of anilines is 1. The first-order valence-electron chi connectivity index (χ1n) is 12.0. The minimum atomic E-state index is -0.775. The Hall–Kier alpha value is -3.78. The number of pyridine rings is 1. The topological polar surface area (TPSA) is 126 Å². The first-order chi connectivity index (χ1) is 17.0. The highest BCUT2D eigenvalue weighted by Crippen LogP contribution is 2.17. The Bertz CT molecular complexity index is 1140. The number of hydrogen-bond donors (Lipinski definition) is 4. The quantitative estimate of drug-likeness (QED) is 0.300. The van der Waals surface area contributed by atoms with Gasteiger partial charge in [0, 0.05) is 18.4 Å². The molecule has 35 heavy (non-hydrogen) atoms. The second-order valence-electron chi connectivity index (χ2n) is 8.44. The van der Waals surface area contributed by atoms with E-state index in [1.807, 2.05) is 60.7 Å². The van der Waals surface area contributed by atoms with E-state index in [-0.39, 0.29) is 11.8 Å². The van der Waals surface area contributed by atoms with Crippen molar-refractivity contribution in [2.45, 2.75) is 51.1 Å². The summed E-state index contributed by atoms with van der Waals surface area (Å²) in [6.45, 7) is 2.24. The van der Waals surface area contributed by atoms with Crippen LogP contribution in [-0.2, 0) is 20.8 Å². The summed E-state index contributed by atoms with van der Waals surface area (Å²) < 4.78 is 0. The number of rotatable bonds is 12. The number of hydrogen-bond acceptors (Lipinski definition) is 5. The monoisotopic (exact) mass is 475 g/mol. The van der Waals surface area contributed by atoms with Gasteiger partial charge in [-0.25, -0.2) is 0 Å². The van der Waals surface area contributed by atoms with Gasteiger partial charge in [-0.05, 0) is 43.4 Å². The van der Waals surface area contributed by atoms with Crippen molar-refractivity contribution in [2.75, 3.05) is 11.9 Å². The molecule has 0 aliphatic heterocycles. The number of nitrogens with one attached hydrogen (secondary N) is 3. The third kappa shape index (κ3) is 8.19. The Morgan fingerprint density at radius 1 is 0.971 bits per heavy atom. The van der Waals surface area contributed by atoms with Crippen LogP contribution >= 0.6 is 0 Å². The van der Waals surface area contributed by atoms with Gasteiger partial charge in [0.15, 0.2) is 0 Å². The number of fused-ring (bicyclic) bond motifs is 1. The fraction of sp³-hybridized carbons (Fsp3) is 0.333. The van der Waals surface area contributed by atoms with Gasteiger partial charge >= 0.3 is 0 Å². The van der Waals surface area contributed by atoms with Crippen molar-refractivity contribution in [3.8, 4) is 0 Å². The number of aromatic nitrogens is 1. The SMILES string of the molecule is CCC(=O)NCCC[C@H](N)C(=O)N[C@@H](CCc1ccccc1)C(=O)Nc1cnc2ccccc2c1. The average molecular weight is 476 g/mol. The van der Waals surface area contributed by atoms with Crippen LogP contribution in [0, 0.1) is 0 Å². The molecule has 3 rings (SSSR count). The van der Waals surface area contributed by atoms with Crippen LogP contribution in [0.25, 0.3) is 10.9 Å². The van der Waals surface area contributed by atoms with Gasteiger partial charge in [0.05, 0.1) is 23.4 Å². The molecule has 1 aromatic heterocycles. The Morgan fingerprint density at radius 3 is 2.49 bits per heavy atom. The summed E-state index contributed by atoms with van der Waals surface area (Å²) in [4.78, 5) is 41.7. The van der Waals surface area contributed by atoms with Crippen molar-refractivity contribution >= 4 is 34.3 Å². The zero-order chi connectivity index (χ0) is 25.0. The van der Waals surface area contributed by atoms with Crippen LogP contribution in [0.15, 0.2) is 66.9 Å². The summed E-state index contributed by atoms with van der Waals surface area (Å²) in [6, 6.07) is 17.7. The maximum atomic E-state index is 13.2. The van der Waals surface area contributed by atoms with Gasteiger partial charge < -0.3 is 21.7 Å². The Kier molecular flexibility index (Phi) is 9.74. The molecule has 2 aromatic carbocycles. The van der Waals surface area contributed by atoms with Crippen LogP contribution in [0.2, 0.25) is 0 Å². The van der Waals surface area contributed by atoms with E-state index in [0.717, 1.165) is 16.5 Å². The van der Waals surface area contributed by atoms with Crippen molar-refractivity contribution in [2.24, 2.45) is 5.73 Å². The number of nitrogens with zero attached hydrogens (tertiary/aromatic N) is 1. The lowest BCUT2D eigenvalue weighted by Crippen LogP contribution is -2.50. The molecule has 0 aliphatic rings. The van der Waals surface area contributed by atoms with Crippen LogP contribution in [0.3, 0.4) is 0 Å². The maximum Gasteiger partial charge on any atom is 0.247 e. The first-order valence-corrected chi connectivity index (χ1v) is 12.0. The number of carbonyl (C=O) groups is 3. The Labute approximate surface area is 205 Å². The maximum absolute atomic E-state index is 13.2. The molecule has 184 valence electrons. The Balaban J connectivity index is 1.63. The van der Waals surface area contributed by atoms with Gasteiger partial charge in [-0.15, -0.1) is 0 Å². The zero-order valence-electron chi connectivity index (χ0n) is 20.0. The fourth-order valence-corrected chi connectivity index (χ4v) is 3.68. The van der Waals surface area contributed by atoms with Gasteiger partial charge in [0.25, 0.3) is 0 Å². The van der Waals surface area contributed by atoms with Crippen LogP contribution in [0.4, 0.5) is 5.69 Å². The van der Waals surface area contributed by atoms with E-state index in [2.05, 4.69) is 20.9 Å². The molecule has 0 unspecified atom stereocenters. The molecule has 8 nitrogen and oxygen atoms in total. The molecule has 0 fully saturated rings. The zero-order valence-corrected chi connectivity index (χ0v) is 20.0. The summed E-state index contributed by atoms with van der Waals surface area (Å²) in [5.74, 6) is -0.755. The average Bonchev–Trinajstić information content (AvgIpc) is 2.88. The number of carbonyl (C=O) groups excluding carboxylic acids is 3. The van der Waals surface area contributed by atoms with Gasteiger partial charge in [-0.3, -0.25) is 19.4 Å². The van der Waals surface area contributed by atoms with E-state index in [0.29, 0.717) is 44.3 Å². The minimum Gasteiger partial charge on any atom is -0.356 e. The van der Waals surface area contributed by atoms with Gasteiger partial charge in [0.1, 0.15) is 6.04 Å². The lowest BCUT2D eigenvalue weighted by atomic mass is 10.0. The smallest absolute Gasteiger partial charge is 0.247 e. The highest BCUT2D eigenvalue weighted by atomic mass is 16.2. The molecule has 5 N–H and O–H groups in total. The van der Waals surface area contributed by atoms with Crippen LogP contribution in [0.1, 0.15) is 38.2 Å². The number of aryl methyl sites for hydroxylation is 1. The van der Waals surface area contributed by atoms with Gasteiger partial charge in [-0.2, -0.15) is 0 Å². The molecule has 0 radical (unpaired) electrons. The highest BCUT2D eigenvalue weighted by molar-refractivity contribution is 5.98. The van der Waals surface area contributed by atoms with E-state index in [4.69, 9.17) is 5.73 Å². The number of amides is 3. The summed E-state index contributed by atoms with van der Waals surface area (Å²) in [5.41, 5.74) is 8.54. The van der Waals surface area contributed by atoms with Crippen LogP contribution in [0.5, 0.6) is 0 Å². The van der Waals surface area contributed by atoms with E-state index in [9.17, 15) is 14.4 Å². The van der Waals surface area contributed by atoms with Crippen molar-refractivity contribution in [1.82, 2.24) is 15.6 Å². The second-order valence-corrected chi connectivity index (χ2v) is 8.44. The number of para-hydroxylation sites is 1. The first kappa shape index (κ1) is 25.8. The van der Waals surface area contributed by atoms with E-state index < -0.39 is 18.0 Å². The molecule has 8 heteroatoms. The predicted molar refractivity (Wildman–Crippen MR) is 138 cm³/mol. The second kappa shape index (κ2) is 13.2. The molecule has 0 aliphatic carbocycles. The number of nitrogens with two attached hydrogens (primary N) is 1. The summed E-state index contributed by atoms with van der Waals surface area (Å²) in [7, 11) is 0. The third-order valence-electron chi connectivity index (χ3n) is 5.73. The molecule has 3 aromatic rings. The van der Waals surface area contributed by atoms with Crippen molar-refractivity contribution < 1.29 is 14.4 Å². The normalized spacial score (nSPS) is 12.5. The summed E-state index contributed by atoms with van der Waals surface area (Å²) in [5, 5.41) is 9.38. The summed E-state index contributed by atoms with van der Waals surface area (Å²) >= 11 is 0. The summed E-state index contributed by atoms with van der Waals surface area (Å²) in [6.07, 6.45) is 4.03. The molecular weight excluding hydrogens is 442 g/mol. The van der Waals surface area contributed by atoms with Crippen molar-refractivity contribution in [1.29, 1.82) is 0 Å². The minimum absolute atomic E-state index is 0.0381. The van der Waals surface area contributed by atoms with E-state index in [1.165, 1.54) is 0 Å². The van der Waals surface area contributed by atoms with Crippen LogP contribution in [-0.4, -0.2) is 41.3 Å². The lowest BCUT2D eigenvalue weighted by Gasteiger charge is -2.21. The molecule has 0 saturated carbocycles. The largest absolute Gasteiger partial charge is 0.356 e. The lowest BCUT2D eigenvalue weighted by molar-refractivity contribution is -0.127. The van der Waals surface area contributed by atoms with Crippen LogP contribution < -0.4 is 21.7 Å². The highest BCUT2D eigenvalue weighted by Gasteiger charge is 2.24. The van der Waals surface area contributed by atoms with E-state index >= 15 is 0 Å². The molecule has 0 saturated heterocycles. The van der Waals surface area contributed by atoms with Crippen molar-refractivity contribution in [3.63, 3.8) is 0 Å². The van der Waals surface area contributed by atoms with Gasteiger partial charge in [0.2, 0.25) is 17.7 Å². The predicted octanol–water partition coefficient (Wildman–Crippen LogP) is 2.92. The number of benzene rings is 2. The third-order valence-corrected chi connectivity index (χ3v) is 5.73. The van der Waals surface area contributed by atoms with E-state index in [1.54, 1.807) is 13.1 Å². The molecule has 3 amide bonds. The standard InChI is InChI=1S/C27H33N5O3/c1-2-25(33)29-16-8-12-22(28)26(34)32-24(15-14-19-9-4-3-5-10-19)27(35)31-21-17-20-11-6-7-13-23(20)30-18-21/h3-7,9-11,13,17-18,22,24H,2,8,12,14-16,28H2,1H3,(H,29,33)(H,31,35)(H,32,34)/t22-,24-/m0/s1. The Morgan fingerprint density at radius 2 is 1.71 bits per heavy atom. The fourth-order valence-electron chi connectivity index (χ4n) is 3.68. The van der Waals surface area contributed by atoms with Gasteiger partial charge in [-0.1, -0.05) is 55.5 Å². The molecule has 0 spiro atoms. The molecule has 1 heterocycles.